The van der Waals surface area contributed by atoms with Crippen molar-refractivity contribution in [2.45, 2.75) is 13.0 Å². The highest BCUT2D eigenvalue weighted by Crippen LogP contribution is 2.29. The number of nitrogens with zero attached hydrogens (tertiary/aromatic N) is 1. The van der Waals surface area contributed by atoms with Gasteiger partial charge in [-0.1, -0.05) is 0 Å². The maximum atomic E-state index is 12.3. The maximum Gasteiger partial charge on any atom is 0.311 e. The molecule has 2 amide bonds. The monoisotopic (exact) mass is 402 g/mol. The number of anilines is 1. The van der Waals surface area contributed by atoms with E-state index in [0.29, 0.717) is 29.5 Å². The van der Waals surface area contributed by atoms with Crippen LogP contribution in [0.3, 0.4) is 0 Å². The van der Waals surface area contributed by atoms with Gasteiger partial charge in [0.2, 0.25) is 5.91 Å². The number of nitrogens with one attached hydrogen (secondary N) is 1. The summed E-state index contributed by atoms with van der Waals surface area (Å²) < 4.78 is 20.6. The van der Waals surface area contributed by atoms with Crippen LogP contribution in [0.2, 0.25) is 0 Å². The zero-order valence-corrected chi connectivity index (χ0v) is 16.2. The molecule has 0 bridgehead atoms. The van der Waals surface area contributed by atoms with Crippen molar-refractivity contribution in [1.29, 1.82) is 0 Å². The minimum Gasteiger partial charge on any atom is -0.497 e. The van der Waals surface area contributed by atoms with Crippen molar-refractivity contribution in [2.75, 3.05) is 32.7 Å². The fourth-order valence-electron chi connectivity index (χ4n) is 3.03. The first-order valence-electron chi connectivity index (χ1n) is 8.99. The molecule has 1 aliphatic rings. The number of likely N-dealkylation sites (tertiary alicyclic amines) is 1. The van der Waals surface area contributed by atoms with Gasteiger partial charge in [0.1, 0.15) is 17.3 Å². The smallest absolute Gasteiger partial charge is 0.311 e. The zero-order valence-electron chi connectivity index (χ0n) is 16.2. The Bertz CT molecular complexity index is 879. The largest absolute Gasteiger partial charge is 0.497 e. The lowest BCUT2D eigenvalue weighted by Crippen LogP contribution is -2.28. The minimum absolute atomic E-state index is 0.0465. The Morgan fingerprint density at radius 1 is 1.24 bits per heavy atom. The first-order chi connectivity index (χ1) is 14.0. The average Bonchev–Trinajstić information content (AvgIpc) is 3.36. The number of methoxy groups -OCH3 is 2. The molecule has 1 aliphatic heterocycles. The van der Waals surface area contributed by atoms with Crippen molar-refractivity contribution < 1.29 is 33.0 Å². The van der Waals surface area contributed by atoms with E-state index in [1.807, 2.05) is 0 Å². The van der Waals surface area contributed by atoms with Crippen molar-refractivity contribution in [1.82, 2.24) is 4.90 Å². The number of benzene rings is 1. The summed E-state index contributed by atoms with van der Waals surface area (Å²) in [7, 11) is 2.98. The zero-order chi connectivity index (χ0) is 20.8. The van der Waals surface area contributed by atoms with Gasteiger partial charge in [-0.15, -0.1) is 0 Å². The third-order valence-electron chi connectivity index (χ3n) is 4.50. The number of hydrogen-bond donors (Lipinski definition) is 1. The Hall–Kier alpha value is -3.49. The Morgan fingerprint density at radius 3 is 2.76 bits per heavy atom. The molecule has 9 nitrogen and oxygen atoms in total. The second-order valence-corrected chi connectivity index (χ2v) is 6.48. The third kappa shape index (κ3) is 5.07. The van der Waals surface area contributed by atoms with E-state index in [9.17, 15) is 14.4 Å². The van der Waals surface area contributed by atoms with Gasteiger partial charge in [0, 0.05) is 19.0 Å². The molecule has 1 fully saturated rings. The van der Waals surface area contributed by atoms with Gasteiger partial charge >= 0.3 is 5.97 Å². The molecule has 1 saturated heterocycles. The number of ether oxygens (including phenoxy) is 3. The topological polar surface area (TPSA) is 107 Å². The van der Waals surface area contributed by atoms with Crippen LogP contribution in [-0.4, -0.2) is 50.1 Å². The van der Waals surface area contributed by atoms with Gasteiger partial charge < -0.3 is 28.8 Å². The Morgan fingerprint density at radius 2 is 2.07 bits per heavy atom. The molecule has 0 unspecified atom stereocenters. The van der Waals surface area contributed by atoms with Crippen molar-refractivity contribution in [3.8, 4) is 11.5 Å². The fraction of sp³-hybridized carbons (Fsp3) is 0.350. The van der Waals surface area contributed by atoms with Gasteiger partial charge in [0.15, 0.2) is 6.61 Å². The molecule has 0 radical (unpaired) electrons. The molecule has 1 aromatic heterocycles. The van der Waals surface area contributed by atoms with Crippen molar-refractivity contribution >= 4 is 23.5 Å². The molecule has 0 aliphatic carbocycles. The van der Waals surface area contributed by atoms with E-state index in [2.05, 4.69) is 5.32 Å². The standard InChI is InChI=1S/C20H22N2O7/c1-26-14-5-6-17(27-2)16(9-14)21-18(23)12-29-20(25)13-8-19(24)22(10-13)11-15-4-3-7-28-15/h3-7,9,13H,8,10-12H2,1-2H3,(H,21,23)/t13-/m1/s1. The quantitative estimate of drug-likeness (QED) is 0.671. The number of rotatable bonds is 8. The summed E-state index contributed by atoms with van der Waals surface area (Å²) in [5, 5.41) is 2.62. The molecule has 2 aromatic rings. The van der Waals surface area contributed by atoms with Crippen LogP contribution in [0.1, 0.15) is 12.2 Å². The molecular formula is C20H22N2O7. The number of carbonyl (C=O) groups is 3. The van der Waals surface area contributed by atoms with Crippen LogP contribution in [-0.2, 0) is 25.7 Å². The molecule has 0 saturated carbocycles. The van der Waals surface area contributed by atoms with Crippen molar-refractivity contribution in [3.63, 3.8) is 0 Å². The molecule has 0 spiro atoms. The van der Waals surface area contributed by atoms with Gasteiger partial charge in [-0.2, -0.15) is 0 Å². The summed E-state index contributed by atoms with van der Waals surface area (Å²) in [5.74, 6) is -0.265. The number of carbonyl (C=O) groups excluding carboxylic acids is 3. The highest BCUT2D eigenvalue weighted by molar-refractivity contribution is 5.95. The van der Waals surface area contributed by atoms with Crippen molar-refractivity contribution in [2.24, 2.45) is 5.92 Å². The average molecular weight is 402 g/mol. The number of furan rings is 1. The molecule has 154 valence electrons. The van der Waals surface area contributed by atoms with E-state index < -0.39 is 24.4 Å². The van der Waals surface area contributed by atoms with Gasteiger partial charge in [-0.25, -0.2) is 0 Å². The third-order valence-corrected chi connectivity index (χ3v) is 4.50. The van der Waals surface area contributed by atoms with E-state index in [4.69, 9.17) is 18.6 Å². The van der Waals surface area contributed by atoms with Crippen LogP contribution < -0.4 is 14.8 Å². The second-order valence-electron chi connectivity index (χ2n) is 6.48. The number of hydrogen-bond acceptors (Lipinski definition) is 7. The van der Waals surface area contributed by atoms with Gasteiger partial charge in [-0.05, 0) is 24.3 Å². The maximum absolute atomic E-state index is 12.3. The molecule has 9 heteroatoms. The second kappa shape index (κ2) is 9.13. The highest BCUT2D eigenvalue weighted by atomic mass is 16.5. The Kier molecular flexibility index (Phi) is 6.38. The van der Waals surface area contributed by atoms with E-state index in [-0.39, 0.29) is 18.9 Å². The molecule has 29 heavy (non-hydrogen) atoms. The molecular weight excluding hydrogens is 380 g/mol. The SMILES string of the molecule is COc1ccc(OC)c(NC(=O)COC(=O)[C@@H]2CC(=O)N(Cc3ccco3)C2)c1. The van der Waals surface area contributed by atoms with E-state index >= 15 is 0 Å². The predicted molar refractivity (Wildman–Crippen MR) is 101 cm³/mol. The van der Waals surface area contributed by atoms with Crippen molar-refractivity contribution in [3.05, 3.63) is 42.4 Å². The summed E-state index contributed by atoms with van der Waals surface area (Å²) >= 11 is 0. The molecule has 2 heterocycles. The Balaban J connectivity index is 1.50. The summed E-state index contributed by atoms with van der Waals surface area (Å²) in [6.45, 7) is 0.0531. The van der Waals surface area contributed by atoms with E-state index in [1.165, 1.54) is 25.4 Å². The van der Waals surface area contributed by atoms with E-state index in [0.717, 1.165) is 0 Å². The van der Waals surface area contributed by atoms with Gasteiger partial charge in [0.25, 0.3) is 5.91 Å². The van der Waals surface area contributed by atoms with Crippen LogP contribution in [0.15, 0.2) is 41.0 Å². The predicted octanol–water partition coefficient (Wildman–Crippen LogP) is 1.83. The summed E-state index contributed by atoms with van der Waals surface area (Å²) in [6, 6.07) is 8.44. The lowest BCUT2D eigenvalue weighted by Gasteiger charge is -2.15. The van der Waals surface area contributed by atoms with Crippen LogP contribution >= 0.6 is 0 Å². The molecule has 1 aromatic carbocycles. The first-order valence-corrected chi connectivity index (χ1v) is 8.99. The number of esters is 1. The van der Waals surface area contributed by atoms with Crippen LogP contribution in [0.25, 0.3) is 0 Å². The summed E-state index contributed by atoms with van der Waals surface area (Å²) in [4.78, 5) is 38.1. The van der Waals surface area contributed by atoms with Gasteiger partial charge in [0.05, 0.1) is 38.6 Å². The van der Waals surface area contributed by atoms with E-state index in [1.54, 1.807) is 30.3 Å². The van der Waals surface area contributed by atoms with Crippen LogP contribution in [0.4, 0.5) is 5.69 Å². The van der Waals surface area contributed by atoms with Crippen LogP contribution in [0, 0.1) is 5.92 Å². The first kappa shape index (κ1) is 20.2. The lowest BCUT2D eigenvalue weighted by molar-refractivity contribution is -0.151. The molecule has 1 atom stereocenters. The highest BCUT2D eigenvalue weighted by Gasteiger charge is 2.35. The van der Waals surface area contributed by atoms with Gasteiger partial charge in [-0.3, -0.25) is 14.4 Å². The lowest BCUT2D eigenvalue weighted by atomic mass is 10.1. The molecule has 1 N–H and O–H groups in total. The fourth-order valence-corrected chi connectivity index (χ4v) is 3.03. The Labute approximate surface area is 167 Å². The summed E-state index contributed by atoms with van der Waals surface area (Å²) in [6.07, 6.45) is 1.57. The molecule has 3 rings (SSSR count). The van der Waals surface area contributed by atoms with Crippen LogP contribution in [0.5, 0.6) is 11.5 Å². The number of amides is 2. The normalized spacial score (nSPS) is 15.9. The minimum atomic E-state index is -0.614. The summed E-state index contributed by atoms with van der Waals surface area (Å²) in [5.41, 5.74) is 0.397.